The van der Waals surface area contributed by atoms with E-state index >= 15 is 0 Å². The fraction of sp³-hybridized carbons (Fsp3) is 0.250. The van der Waals surface area contributed by atoms with Crippen molar-refractivity contribution < 1.29 is 4.74 Å². The number of nitrogens with two attached hydrogens (primary N) is 1. The number of rotatable bonds is 3. The number of nitrogen functional groups attached to an aromatic ring is 1. The highest BCUT2D eigenvalue weighted by Gasteiger charge is 1.98. The third-order valence-corrected chi connectivity index (χ3v) is 1.49. The van der Waals surface area contributed by atoms with E-state index in [0.29, 0.717) is 18.0 Å². The zero-order chi connectivity index (χ0) is 9.68. The number of anilines is 1. The summed E-state index contributed by atoms with van der Waals surface area (Å²) in [5, 5.41) is 0.172. The Kier molecular flexibility index (Phi) is 3.52. The lowest BCUT2D eigenvalue weighted by molar-refractivity contribution is 0.272. The maximum absolute atomic E-state index is 5.58. The molecule has 1 aromatic rings. The van der Waals surface area contributed by atoms with Crippen LogP contribution in [0.2, 0.25) is 5.28 Å². The average Bonchev–Trinajstić information content (AvgIpc) is 2.11. The van der Waals surface area contributed by atoms with E-state index in [1.165, 1.54) is 12.5 Å². The first-order valence-electron chi connectivity index (χ1n) is 3.80. The topological polar surface area (TPSA) is 61.0 Å². The molecule has 0 aliphatic rings. The van der Waals surface area contributed by atoms with Crippen LogP contribution in [0.15, 0.2) is 12.5 Å². The molecule has 0 aromatic carbocycles. The van der Waals surface area contributed by atoms with Crippen LogP contribution in [0.1, 0.15) is 12.6 Å². The molecule has 0 bridgehead atoms. The number of hydrogen-bond acceptors (Lipinski definition) is 4. The fourth-order valence-corrected chi connectivity index (χ4v) is 0.864. The summed E-state index contributed by atoms with van der Waals surface area (Å²) in [6.07, 6.45) is 4.63. The second-order valence-electron chi connectivity index (χ2n) is 2.24. The van der Waals surface area contributed by atoms with E-state index in [-0.39, 0.29) is 5.28 Å². The summed E-state index contributed by atoms with van der Waals surface area (Å²) in [4.78, 5) is 7.63. The fourth-order valence-electron chi connectivity index (χ4n) is 0.724. The van der Waals surface area contributed by atoms with Crippen LogP contribution in [0.5, 0.6) is 0 Å². The van der Waals surface area contributed by atoms with Gasteiger partial charge in [-0.1, -0.05) is 0 Å². The number of aromatic nitrogens is 2. The van der Waals surface area contributed by atoms with E-state index in [1.807, 2.05) is 6.92 Å². The van der Waals surface area contributed by atoms with E-state index in [2.05, 4.69) is 9.97 Å². The summed E-state index contributed by atoms with van der Waals surface area (Å²) < 4.78 is 4.99. The van der Waals surface area contributed by atoms with Gasteiger partial charge in [0.1, 0.15) is 0 Å². The summed E-state index contributed by atoms with van der Waals surface area (Å²) in [5.41, 5.74) is 6.62. The Morgan fingerprint density at radius 2 is 2.46 bits per heavy atom. The first kappa shape index (κ1) is 9.80. The van der Waals surface area contributed by atoms with Crippen LogP contribution in [-0.2, 0) is 4.74 Å². The first-order chi connectivity index (χ1) is 6.24. The molecule has 1 rings (SSSR count). The molecule has 0 radical (unpaired) electrons. The molecule has 0 fully saturated rings. The summed E-state index contributed by atoms with van der Waals surface area (Å²) in [6, 6.07) is 0. The summed E-state index contributed by atoms with van der Waals surface area (Å²) in [6.45, 7) is 2.50. The Morgan fingerprint density at radius 3 is 3.15 bits per heavy atom. The Labute approximate surface area is 81.4 Å². The van der Waals surface area contributed by atoms with Gasteiger partial charge in [0.15, 0.2) is 0 Å². The van der Waals surface area contributed by atoms with Gasteiger partial charge in [-0.2, -0.15) is 0 Å². The lowest BCUT2D eigenvalue weighted by Crippen LogP contribution is -1.95. The van der Waals surface area contributed by atoms with Gasteiger partial charge in [-0.25, -0.2) is 9.97 Å². The lowest BCUT2D eigenvalue weighted by Gasteiger charge is -1.98. The predicted molar refractivity (Wildman–Crippen MR) is 52.1 cm³/mol. The standard InChI is InChI=1S/C8H10ClN3O/c1-2-13-4-3-7-6(10)5-11-8(9)12-7/h3-5H,2,10H2,1H3. The zero-order valence-electron chi connectivity index (χ0n) is 7.20. The molecule has 1 aromatic heterocycles. The molecule has 0 amide bonds. The number of halogens is 1. The molecular weight excluding hydrogens is 190 g/mol. The third-order valence-electron chi connectivity index (χ3n) is 1.31. The summed E-state index contributed by atoms with van der Waals surface area (Å²) in [7, 11) is 0. The Morgan fingerprint density at radius 1 is 1.69 bits per heavy atom. The molecule has 70 valence electrons. The molecule has 0 spiro atoms. The van der Waals surface area contributed by atoms with E-state index in [0.717, 1.165) is 0 Å². The maximum Gasteiger partial charge on any atom is 0.223 e. The van der Waals surface area contributed by atoms with Crippen molar-refractivity contribution in [1.82, 2.24) is 9.97 Å². The van der Waals surface area contributed by atoms with Gasteiger partial charge in [0.05, 0.1) is 30.4 Å². The normalized spacial score (nSPS) is 10.6. The van der Waals surface area contributed by atoms with Gasteiger partial charge >= 0.3 is 0 Å². The average molecular weight is 200 g/mol. The number of ether oxygens (including phenoxy) is 1. The van der Waals surface area contributed by atoms with E-state index in [1.54, 1.807) is 6.08 Å². The maximum atomic E-state index is 5.58. The molecule has 0 aliphatic heterocycles. The van der Waals surface area contributed by atoms with Gasteiger partial charge in [-0.3, -0.25) is 0 Å². The van der Waals surface area contributed by atoms with Gasteiger partial charge in [0.25, 0.3) is 0 Å². The second-order valence-corrected chi connectivity index (χ2v) is 2.58. The predicted octanol–water partition coefficient (Wildman–Crippen LogP) is 1.72. The quantitative estimate of drug-likeness (QED) is 0.595. The van der Waals surface area contributed by atoms with E-state index < -0.39 is 0 Å². The molecule has 4 nitrogen and oxygen atoms in total. The van der Waals surface area contributed by atoms with Crippen LogP contribution in [0.4, 0.5) is 5.69 Å². The SMILES string of the molecule is CCOC=Cc1nc(Cl)ncc1N. The van der Waals surface area contributed by atoms with Crippen molar-refractivity contribution in [2.45, 2.75) is 6.92 Å². The van der Waals surface area contributed by atoms with Crippen molar-refractivity contribution in [2.24, 2.45) is 0 Å². The zero-order valence-corrected chi connectivity index (χ0v) is 7.95. The Hall–Kier alpha value is -1.29. The molecule has 0 aliphatic carbocycles. The molecule has 0 atom stereocenters. The Balaban J connectivity index is 2.81. The highest BCUT2D eigenvalue weighted by molar-refractivity contribution is 6.28. The van der Waals surface area contributed by atoms with Gasteiger partial charge in [0, 0.05) is 6.08 Å². The lowest BCUT2D eigenvalue weighted by atomic mass is 10.3. The monoisotopic (exact) mass is 199 g/mol. The highest BCUT2D eigenvalue weighted by atomic mass is 35.5. The first-order valence-corrected chi connectivity index (χ1v) is 4.18. The van der Waals surface area contributed by atoms with Crippen LogP contribution in [0.3, 0.4) is 0 Å². The van der Waals surface area contributed by atoms with Crippen LogP contribution in [-0.4, -0.2) is 16.6 Å². The molecule has 0 saturated heterocycles. The van der Waals surface area contributed by atoms with Crippen LogP contribution in [0, 0.1) is 0 Å². The highest BCUT2D eigenvalue weighted by Crippen LogP contribution is 2.11. The van der Waals surface area contributed by atoms with Crippen LogP contribution < -0.4 is 5.73 Å². The van der Waals surface area contributed by atoms with Crippen molar-refractivity contribution in [3.8, 4) is 0 Å². The Bertz CT molecular complexity index is 314. The van der Waals surface area contributed by atoms with Crippen molar-refractivity contribution in [1.29, 1.82) is 0 Å². The van der Waals surface area contributed by atoms with E-state index in [4.69, 9.17) is 22.1 Å². The van der Waals surface area contributed by atoms with Gasteiger partial charge < -0.3 is 10.5 Å². The molecule has 5 heteroatoms. The smallest absolute Gasteiger partial charge is 0.223 e. The van der Waals surface area contributed by atoms with Gasteiger partial charge in [0.2, 0.25) is 5.28 Å². The minimum absolute atomic E-state index is 0.172. The summed E-state index contributed by atoms with van der Waals surface area (Å²) in [5.74, 6) is 0. The van der Waals surface area contributed by atoms with Gasteiger partial charge in [-0.15, -0.1) is 0 Å². The largest absolute Gasteiger partial charge is 0.501 e. The summed E-state index contributed by atoms with van der Waals surface area (Å²) >= 11 is 5.58. The van der Waals surface area contributed by atoms with Crippen molar-refractivity contribution in [2.75, 3.05) is 12.3 Å². The molecular formula is C8H10ClN3O. The van der Waals surface area contributed by atoms with Crippen molar-refractivity contribution in [3.05, 3.63) is 23.4 Å². The van der Waals surface area contributed by atoms with Gasteiger partial charge in [-0.05, 0) is 18.5 Å². The third kappa shape index (κ3) is 2.91. The van der Waals surface area contributed by atoms with Crippen molar-refractivity contribution in [3.63, 3.8) is 0 Å². The molecule has 0 unspecified atom stereocenters. The van der Waals surface area contributed by atoms with Crippen molar-refractivity contribution >= 4 is 23.4 Å². The van der Waals surface area contributed by atoms with Crippen LogP contribution >= 0.6 is 11.6 Å². The number of hydrogen-bond donors (Lipinski definition) is 1. The van der Waals surface area contributed by atoms with Crippen LogP contribution in [0.25, 0.3) is 6.08 Å². The molecule has 13 heavy (non-hydrogen) atoms. The minimum Gasteiger partial charge on any atom is -0.501 e. The van der Waals surface area contributed by atoms with E-state index in [9.17, 15) is 0 Å². The second kappa shape index (κ2) is 4.67. The minimum atomic E-state index is 0.172. The molecule has 2 N–H and O–H groups in total. The number of nitrogens with zero attached hydrogens (tertiary/aromatic N) is 2. The molecule has 1 heterocycles. The molecule has 0 saturated carbocycles.